The SMILES string of the molecule is CC(C)CNCC(O)CS(=O)(=O)c1cccs1. The van der Waals surface area contributed by atoms with E-state index in [0.29, 0.717) is 16.7 Å². The summed E-state index contributed by atoms with van der Waals surface area (Å²) in [5.74, 6) is 0.259. The number of aliphatic hydroxyl groups is 1. The van der Waals surface area contributed by atoms with Crippen LogP contribution in [-0.2, 0) is 9.84 Å². The Bertz CT molecular complexity index is 412. The molecule has 17 heavy (non-hydrogen) atoms. The van der Waals surface area contributed by atoms with Crippen LogP contribution in [-0.4, -0.2) is 38.5 Å². The first-order valence-corrected chi connectivity index (χ1v) is 8.10. The number of aliphatic hydroxyl groups excluding tert-OH is 1. The third-order valence-corrected chi connectivity index (χ3v) is 5.43. The van der Waals surface area contributed by atoms with Crippen molar-refractivity contribution in [2.45, 2.75) is 24.2 Å². The van der Waals surface area contributed by atoms with Crippen molar-refractivity contribution in [1.82, 2.24) is 5.32 Å². The van der Waals surface area contributed by atoms with Gasteiger partial charge in [0, 0.05) is 6.54 Å². The van der Waals surface area contributed by atoms with E-state index in [1.807, 2.05) is 0 Å². The second kappa shape index (κ2) is 6.49. The molecule has 0 aliphatic rings. The van der Waals surface area contributed by atoms with E-state index in [4.69, 9.17) is 0 Å². The highest BCUT2D eigenvalue weighted by atomic mass is 32.2. The van der Waals surface area contributed by atoms with Crippen LogP contribution in [0.5, 0.6) is 0 Å². The van der Waals surface area contributed by atoms with Crippen LogP contribution in [0.1, 0.15) is 13.8 Å². The fourth-order valence-corrected chi connectivity index (χ4v) is 3.85. The van der Waals surface area contributed by atoms with Crippen molar-refractivity contribution in [2.75, 3.05) is 18.8 Å². The molecular formula is C11H19NO3S2. The van der Waals surface area contributed by atoms with Gasteiger partial charge in [-0.2, -0.15) is 0 Å². The summed E-state index contributed by atoms with van der Waals surface area (Å²) in [6.45, 7) is 5.20. The average molecular weight is 277 g/mol. The van der Waals surface area contributed by atoms with Crippen LogP contribution in [0.3, 0.4) is 0 Å². The van der Waals surface area contributed by atoms with Gasteiger partial charge in [-0.1, -0.05) is 19.9 Å². The summed E-state index contributed by atoms with van der Waals surface area (Å²) in [6, 6.07) is 3.26. The van der Waals surface area contributed by atoms with Gasteiger partial charge in [-0.3, -0.25) is 0 Å². The van der Waals surface area contributed by atoms with Gasteiger partial charge in [0.1, 0.15) is 4.21 Å². The van der Waals surface area contributed by atoms with Gasteiger partial charge >= 0.3 is 0 Å². The molecule has 0 spiro atoms. The Hall–Kier alpha value is -0.430. The van der Waals surface area contributed by atoms with Crippen molar-refractivity contribution in [1.29, 1.82) is 0 Å². The van der Waals surface area contributed by atoms with Crippen LogP contribution in [0.25, 0.3) is 0 Å². The zero-order valence-electron chi connectivity index (χ0n) is 10.1. The Kier molecular flexibility index (Phi) is 5.58. The molecule has 0 amide bonds. The van der Waals surface area contributed by atoms with E-state index in [1.165, 1.54) is 11.3 Å². The highest BCUT2D eigenvalue weighted by molar-refractivity contribution is 7.93. The molecule has 1 heterocycles. The maximum atomic E-state index is 11.8. The Balaban J connectivity index is 2.43. The smallest absolute Gasteiger partial charge is 0.190 e. The summed E-state index contributed by atoms with van der Waals surface area (Å²) in [5, 5.41) is 14.4. The first kappa shape index (κ1) is 14.6. The minimum absolute atomic E-state index is 0.224. The molecule has 98 valence electrons. The molecule has 0 saturated heterocycles. The quantitative estimate of drug-likeness (QED) is 0.784. The highest BCUT2D eigenvalue weighted by Crippen LogP contribution is 2.17. The molecule has 1 unspecified atom stereocenters. The maximum Gasteiger partial charge on any atom is 0.190 e. The van der Waals surface area contributed by atoms with Crippen LogP contribution in [0.4, 0.5) is 0 Å². The van der Waals surface area contributed by atoms with Gasteiger partial charge in [0.25, 0.3) is 0 Å². The molecule has 0 aliphatic heterocycles. The monoisotopic (exact) mass is 277 g/mol. The molecule has 0 fully saturated rings. The molecule has 2 N–H and O–H groups in total. The summed E-state index contributed by atoms with van der Waals surface area (Å²) >= 11 is 1.18. The number of hydrogen-bond acceptors (Lipinski definition) is 5. The van der Waals surface area contributed by atoms with Crippen molar-refractivity contribution in [3.8, 4) is 0 Å². The van der Waals surface area contributed by atoms with Crippen molar-refractivity contribution in [3.05, 3.63) is 17.5 Å². The first-order valence-electron chi connectivity index (χ1n) is 5.57. The Morgan fingerprint density at radius 1 is 1.41 bits per heavy atom. The number of nitrogens with one attached hydrogen (secondary N) is 1. The molecule has 6 heteroatoms. The zero-order valence-corrected chi connectivity index (χ0v) is 11.7. The summed E-state index contributed by atoms with van der Waals surface area (Å²) in [6.07, 6.45) is -0.860. The normalized spacial score (nSPS) is 14.1. The lowest BCUT2D eigenvalue weighted by atomic mass is 10.2. The van der Waals surface area contributed by atoms with E-state index in [9.17, 15) is 13.5 Å². The Morgan fingerprint density at radius 2 is 2.12 bits per heavy atom. The van der Waals surface area contributed by atoms with Crippen LogP contribution in [0.15, 0.2) is 21.7 Å². The topological polar surface area (TPSA) is 66.4 Å². The molecular weight excluding hydrogens is 258 g/mol. The Labute approximate surface area is 107 Å². The molecule has 0 saturated carbocycles. The van der Waals surface area contributed by atoms with Crippen LogP contribution in [0.2, 0.25) is 0 Å². The fraction of sp³-hybridized carbons (Fsp3) is 0.636. The number of hydrogen-bond donors (Lipinski definition) is 2. The number of thiophene rings is 1. The van der Waals surface area contributed by atoms with Crippen LogP contribution >= 0.6 is 11.3 Å². The van der Waals surface area contributed by atoms with Crippen LogP contribution in [0, 0.1) is 5.92 Å². The summed E-state index contributed by atoms with van der Waals surface area (Å²) in [4.78, 5) is 0. The molecule has 0 aliphatic carbocycles. The minimum Gasteiger partial charge on any atom is -0.391 e. The maximum absolute atomic E-state index is 11.8. The molecule has 0 bridgehead atoms. The highest BCUT2D eigenvalue weighted by Gasteiger charge is 2.20. The molecule has 0 aromatic carbocycles. The van der Waals surface area contributed by atoms with Crippen molar-refractivity contribution >= 4 is 21.2 Å². The standard InChI is InChI=1S/C11H19NO3S2/c1-9(2)6-12-7-10(13)8-17(14,15)11-4-3-5-16-11/h3-5,9-10,12-13H,6-8H2,1-2H3. The van der Waals surface area contributed by atoms with E-state index in [1.54, 1.807) is 17.5 Å². The van der Waals surface area contributed by atoms with Crippen molar-refractivity contribution < 1.29 is 13.5 Å². The third-order valence-electron chi connectivity index (χ3n) is 2.15. The first-order chi connectivity index (χ1) is 7.92. The van der Waals surface area contributed by atoms with E-state index < -0.39 is 15.9 Å². The predicted molar refractivity (Wildman–Crippen MR) is 70.1 cm³/mol. The summed E-state index contributed by atoms with van der Waals surface area (Å²) in [7, 11) is -3.34. The minimum atomic E-state index is -3.34. The molecule has 1 aromatic rings. The zero-order chi connectivity index (χ0) is 12.9. The van der Waals surface area contributed by atoms with Gasteiger partial charge in [-0.05, 0) is 23.9 Å². The third kappa shape index (κ3) is 5.16. The summed E-state index contributed by atoms with van der Waals surface area (Å²) < 4.78 is 24.0. The van der Waals surface area contributed by atoms with E-state index >= 15 is 0 Å². The molecule has 1 rings (SSSR count). The predicted octanol–water partition coefficient (Wildman–Crippen LogP) is 1.13. The van der Waals surface area contributed by atoms with E-state index in [0.717, 1.165) is 6.54 Å². The Morgan fingerprint density at radius 3 is 2.65 bits per heavy atom. The molecule has 4 nitrogen and oxygen atoms in total. The number of sulfone groups is 1. The molecule has 1 aromatic heterocycles. The summed E-state index contributed by atoms with van der Waals surface area (Å²) in [5.41, 5.74) is 0. The van der Waals surface area contributed by atoms with Crippen molar-refractivity contribution in [3.63, 3.8) is 0 Å². The molecule has 0 radical (unpaired) electrons. The lowest BCUT2D eigenvalue weighted by molar-refractivity contribution is 0.192. The van der Waals surface area contributed by atoms with Gasteiger partial charge in [0.2, 0.25) is 0 Å². The van der Waals surface area contributed by atoms with Gasteiger partial charge in [-0.15, -0.1) is 11.3 Å². The van der Waals surface area contributed by atoms with Gasteiger partial charge in [0.15, 0.2) is 9.84 Å². The second-order valence-electron chi connectivity index (χ2n) is 4.42. The second-order valence-corrected chi connectivity index (χ2v) is 7.63. The van der Waals surface area contributed by atoms with E-state index in [-0.39, 0.29) is 5.75 Å². The van der Waals surface area contributed by atoms with Gasteiger partial charge in [0.05, 0.1) is 11.9 Å². The van der Waals surface area contributed by atoms with Gasteiger partial charge < -0.3 is 10.4 Å². The lowest BCUT2D eigenvalue weighted by Gasteiger charge is -2.12. The van der Waals surface area contributed by atoms with Crippen molar-refractivity contribution in [2.24, 2.45) is 5.92 Å². The largest absolute Gasteiger partial charge is 0.391 e. The fourth-order valence-electron chi connectivity index (χ4n) is 1.37. The van der Waals surface area contributed by atoms with E-state index in [2.05, 4.69) is 19.2 Å². The molecule has 1 atom stereocenters. The van der Waals surface area contributed by atoms with Crippen LogP contribution < -0.4 is 5.32 Å². The average Bonchev–Trinajstić information content (AvgIpc) is 2.68. The van der Waals surface area contributed by atoms with Gasteiger partial charge in [-0.25, -0.2) is 8.42 Å². The number of rotatable bonds is 7. The lowest BCUT2D eigenvalue weighted by Crippen LogP contribution is -2.34.